The van der Waals surface area contributed by atoms with Gasteiger partial charge in [-0.3, -0.25) is 0 Å². The van der Waals surface area contributed by atoms with Gasteiger partial charge in [-0.2, -0.15) is 0 Å². The van der Waals surface area contributed by atoms with Gasteiger partial charge in [-0.1, -0.05) is 0 Å². The largest absolute Gasteiger partial charge is 0.478 e. The quantitative estimate of drug-likeness (QED) is 0.865. The molecular formula is C12H9FO2S. The van der Waals surface area contributed by atoms with Crippen molar-refractivity contribution in [3.8, 4) is 11.1 Å². The lowest BCUT2D eigenvalue weighted by Crippen LogP contribution is -1.97. The Balaban J connectivity index is 2.53. The molecule has 0 radical (unpaired) electrons. The predicted molar refractivity (Wildman–Crippen MR) is 61.4 cm³/mol. The van der Waals surface area contributed by atoms with Crippen LogP contribution in [0.2, 0.25) is 0 Å². The maximum atomic E-state index is 13.2. The van der Waals surface area contributed by atoms with Gasteiger partial charge >= 0.3 is 5.97 Å². The van der Waals surface area contributed by atoms with Gasteiger partial charge < -0.3 is 5.11 Å². The third-order valence-electron chi connectivity index (χ3n) is 2.21. The molecule has 0 saturated heterocycles. The number of hydrogen-bond donors (Lipinski definition) is 1. The average Bonchev–Trinajstić information content (AvgIpc) is 2.64. The first-order chi connectivity index (χ1) is 7.56. The van der Waals surface area contributed by atoms with Gasteiger partial charge in [-0.25, -0.2) is 9.18 Å². The number of aromatic carboxylic acids is 1. The molecule has 0 bridgehead atoms. The van der Waals surface area contributed by atoms with Crippen molar-refractivity contribution in [1.82, 2.24) is 0 Å². The van der Waals surface area contributed by atoms with Gasteiger partial charge in [0.15, 0.2) is 0 Å². The van der Waals surface area contributed by atoms with Crippen LogP contribution < -0.4 is 0 Å². The lowest BCUT2D eigenvalue weighted by atomic mass is 10.1. The molecule has 1 heterocycles. The molecule has 0 aliphatic rings. The van der Waals surface area contributed by atoms with Crippen LogP contribution >= 0.6 is 11.3 Å². The molecule has 0 spiro atoms. The first-order valence-electron chi connectivity index (χ1n) is 4.65. The second kappa shape index (κ2) is 4.06. The van der Waals surface area contributed by atoms with Crippen LogP contribution in [0.5, 0.6) is 0 Å². The number of carboxylic acids is 1. The summed E-state index contributed by atoms with van der Waals surface area (Å²) < 4.78 is 13.2. The van der Waals surface area contributed by atoms with Crippen molar-refractivity contribution in [2.45, 2.75) is 6.92 Å². The third-order valence-corrected chi connectivity index (χ3v) is 3.07. The summed E-state index contributed by atoms with van der Waals surface area (Å²) in [6.45, 7) is 1.95. The van der Waals surface area contributed by atoms with Gasteiger partial charge in [0.1, 0.15) is 5.82 Å². The molecule has 0 atom stereocenters. The zero-order valence-electron chi connectivity index (χ0n) is 8.53. The van der Waals surface area contributed by atoms with E-state index in [4.69, 9.17) is 5.11 Å². The fraction of sp³-hybridized carbons (Fsp3) is 0.0833. The molecule has 2 rings (SSSR count). The summed E-state index contributed by atoms with van der Waals surface area (Å²) in [5.74, 6) is -1.65. The van der Waals surface area contributed by atoms with Crippen molar-refractivity contribution in [1.29, 1.82) is 0 Å². The summed E-state index contributed by atoms with van der Waals surface area (Å²) in [7, 11) is 0. The zero-order valence-corrected chi connectivity index (χ0v) is 9.34. The van der Waals surface area contributed by atoms with Crippen molar-refractivity contribution in [3.63, 3.8) is 0 Å². The number of aryl methyl sites for hydroxylation is 1. The Kier molecular flexibility index (Phi) is 2.75. The summed E-state index contributed by atoms with van der Waals surface area (Å²) in [5, 5.41) is 10.7. The molecule has 16 heavy (non-hydrogen) atoms. The molecule has 1 aromatic carbocycles. The molecule has 82 valence electrons. The molecule has 4 heteroatoms. The van der Waals surface area contributed by atoms with E-state index in [1.165, 1.54) is 12.1 Å². The minimum atomic E-state index is -1.12. The Labute approximate surface area is 96.0 Å². The van der Waals surface area contributed by atoms with Crippen molar-refractivity contribution in [2.75, 3.05) is 0 Å². The number of halogens is 1. The van der Waals surface area contributed by atoms with Crippen LogP contribution in [0, 0.1) is 12.7 Å². The molecular weight excluding hydrogens is 227 g/mol. The van der Waals surface area contributed by atoms with E-state index in [9.17, 15) is 9.18 Å². The molecule has 2 aromatic rings. The lowest BCUT2D eigenvalue weighted by molar-refractivity contribution is 0.0696. The van der Waals surface area contributed by atoms with E-state index in [-0.39, 0.29) is 5.56 Å². The normalized spacial score (nSPS) is 10.4. The molecule has 0 saturated carbocycles. The van der Waals surface area contributed by atoms with Crippen molar-refractivity contribution in [2.24, 2.45) is 0 Å². The fourth-order valence-electron chi connectivity index (χ4n) is 1.47. The SMILES string of the molecule is Cc1cc(-c2cc(F)cc(C(=O)O)c2)cs1. The number of carbonyl (C=O) groups is 1. The van der Waals surface area contributed by atoms with Gasteiger partial charge in [0.25, 0.3) is 0 Å². The highest BCUT2D eigenvalue weighted by molar-refractivity contribution is 7.10. The highest BCUT2D eigenvalue weighted by Crippen LogP contribution is 2.26. The molecule has 0 aliphatic carbocycles. The van der Waals surface area contributed by atoms with Crippen molar-refractivity contribution >= 4 is 17.3 Å². The predicted octanol–water partition coefficient (Wildman–Crippen LogP) is 3.56. The van der Waals surface area contributed by atoms with E-state index in [0.29, 0.717) is 5.56 Å². The Bertz CT molecular complexity index is 546. The molecule has 0 amide bonds. The fourth-order valence-corrected chi connectivity index (χ4v) is 2.19. The minimum Gasteiger partial charge on any atom is -0.478 e. The second-order valence-corrected chi connectivity index (χ2v) is 4.60. The first kappa shape index (κ1) is 10.8. The van der Waals surface area contributed by atoms with E-state index >= 15 is 0 Å². The molecule has 0 unspecified atom stereocenters. The van der Waals surface area contributed by atoms with E-state index < -0.39 is 11.8 Å². The van der Waals surface area contributed by atoms with E-state index in [1.807, 2.05) is 18.4 Å². The van der Waals surface area contributed by atoms with Gasteiger partial charge in [0, 0.05) is 4.88 Å². The van der Waals surface area contributed by atoms with Crippen LogP contribution in [-0.2, 0) is 0 Å². The zero-order chi connectivity index (χ0) is 11.7. The standard InChI is InChI=1S/C12H9FO2S/c1-7-2-10(6-16-7)8-3-9(12(14)15)5-11(13)4-8/h2-6H,1H3,(H,14,15). The number of rotatable bonds is 2. The smallest absolute Gasteiger partial charge is 0.335 e. The van der Waals surface area contributed by atoms with Gasteiger partial charge in [0.05, 0.1) is 5.56 Å². The highest BCUT2D eigenvalue weighted by atomic mass is 32.1. The Morgan fingerprint density at radius 2 is 2.00 bits per heavy atom. The van der Waals surface area contributed by atoms with Gasteiger partial charge in [-0.15, -0.1) is 11.3 Å². The third kappa shape index (κ3) is 2.12. The van der Waals surface area contributed by atoms with E-state index in [0.717, 1.165) is 16.5 Å². The van der Waals surface area contributed by atoms with Crippen molar-refractivity contribution in [3.05, 3.63) is 45.9 Å². The number of hydrogen-bond acceptors (Lipinski definition) is 2. The molecule has 1 N–H and O–H groups in total. The topological polar surface area (TPSA) is 37.3 Å². The lowest BCUT2D eigenvalue weighted by Gasteiger charge is -2.01. The van der Waals surface area contributed by atoms with Crippen LogP contribution in [0.1, 0.15) is 15.2 Å². The number of benzene rings is 1. The highest BCUT2D eigenvalue weighted by Gasteiger charge is 2.09. The molecule has 0 aliphatic heterocycles. The Morgan fingerprint density at radius 3 is 2.56 bits per heavy atom. The summed E-state index contributed by atoms with van der Waals surface area (Å²) in [4.78, 5) is 11.9. The summed E-state index contributed by atoms with van der Waals surface area (Å²) >= 11 is 1.55. The Hall–Kier alpha value is -1.68. The van der Waals surface area contributed by atoms with Crippen molar-refractivity contribution < 1.29 is 14.3 Å². The maximum absolute atomic E-state index is 13.2. The van der Waals surface area contributed by atoms with Gasteiger partial charge in [0.2, 0.25) is 0 Å². The second-order valence-electron chi connectivity index (χ2n) is 3.48. The molecule has 1 aromatic heterocycles. The van der Waals surface area contributed by atoms with Crippen LogP contribution in [0.25, 0.3) is 11.1 Å². The summed E-state index contributed by atoms with van der Waals surface area (Å²) in [6, 6.07) is 5.75. The summed E-state index contributed by atoms with van der Waals surface area (Å²) in [6.07, 6.45) is 0. The first-order valence-corrected chi connectivity index (χ1v) is 5.53. The van der Waals surface area contributed by atoms with Crippen LogP contribution in [0.3, 0.4) is 0 Å². The number of thiophene rings is 1. The maximum Gasteiger partial charge on any atom is 0.335 e. The molecule has 2 nitrogen and oxygen atoms in total. The monoisotopic (exact) mass is 236 g/mol. The summed E-state index contributed by atoms with van der Waals surface area (Å²) in [5.41, 5.74) is 1.42. The minimum absolute atomic E-state index is 0.0288. The Morgan fingerprint density at radius 1 is 1.25 bits per heavy atom. The molecule has 0 fully saturated rings. The van der Waals surface area contributed by atoms with Crippen LogP contribution in [-0.4, -0.2) is 11.1 Å². The number of carboxylic acid groups (broad SMARTS) is 1. The van der Waals surface area contributed by atoms with E-state index in [1.54, 1.807) is 11.3 Å². The average molecular weight is 236 g/mol. The van der Waals surface area contributed by atoms with Crippen LogP contribution in [0.4, 0.5) is 4.39 Å². The van der Waals surface area contributed by atoms with Gasteiger partial charge in [-0.05, 0) is 47.7 Å². The van der Waals surface area contributed by atoms with E-state index in [2.05, 4.69) is 0 Å². The van der Waals surface area contributed by atoms with Crippen LogP contribution in [0.15, 0.2) is 29.6 Å².